The van der Waals surface area contributed by atoms with Crippen molar-refractivity contribution in [2.75, 3.05) is 11.9 Å². The first kappa shape index (κ1) is 10.7. The molecule has 1 atom stereocenters. The number of rotatable bonds is 4. The molecule has 0 aromatic heterocycles. The minimum absolute atomic E-state index is 0.0106. The fourth-order valence-corrected chi connectivity index (χ4v) is 2.25. The summed E-state index contributed by atoms with van der Waals surface area (Å²) in [5, 5.41) is 15.6. The van der Waals surface area contributed by atoms with Gasteiger partial charge in [0.05, 0.1) is 19.1 Å². The van der Waals surface area contributed by atoms with Crippen molar-refractivity contribution < 1.29 is 9.90 Å². The summed E-state index contributed by atoms with van der Waals surface area (Å²) in [6.45, 7) is 0.0939. The normalized spacial score (nSPS) is 19.9. The van der Waals surface area contributed by atoms with E-state index in [-0.39, 0.29) is 18.6 Å². The number of hydrogen-bond acceptors (Lipinski definition) is 3. The van der Waals surface area contributed by atoms with Gasteiger partial charge in [0.1, 0.15) is 0 Å². The molecule has 0 radical (unpaired) electrons. The Morgan fingerprint density at radius 3 is 3.00 bits per heavy atom. The molecule has 1 aromatic carbocycles. The molecule has 90 valence electrons. The molecule has 17 heavy (non-hydrogen) atoms. The molecule has 1 heterocycles. The van der Waals surface area contributed by atoms with E-state index in [1.54, 1.807) is 0 Å². The highest BCUT2D eigenvalue weighted by Gasteiger charge is 2.26. The maximum absolute atomic E-state index is 11.3. The second kappa shape index (κ2) is 4.13. The van der Waals surface area contributed by atoms with Gasteiger partial charge in [-0.3, -0.25) is 4.79 Å². The Morgan fingerprint density at radius 2 is 2.29 bits per heavy atom. The van der Waals surface area contributed by atoms with Crippen LogP contribution in [0.3, 0.4) is 0 Å². The lowest BCUT2D eigenvalue weighted by Crippen LogP contribution is -2.26. The van der Waals surface area contributed by atoms with Crippen LogP contribution in [0.25, 0.3) is 0 Å². The second-order valence-corrected chi connectivity index (χ2v) is 4.82. The Kier molecular flexibility index (Phi) is 2.61. The van der Waals surface area contributed by atoms with E-state index in [0.717, 1.165) is 16.8 Å². The van der Waals surface area contributed by atoms with Crippen LogP contribution in [0.2, 0.25) is 0 Å². The number of hydrogen-bond donors (Lipinski definition) is 3. The Labute approximate surface area is 100 Å². The van der Waals surface area contributed by atoms with Crippen molar-refractivity contribution >= 4 is 11.6 Å². The van der Waals surface area contributed by atoms with E-state index in [2.05, 4.69) is 10.6 Å². The van der Waals surface area contributed by atoms with E-state index < -0.39 is 0 Å². The molecule has 0 spiro atoms. The predicted molar refractivity (Wildman–Crippen MR) is 64.8 cm³/mol. The van der Waals surface area contributed by atoms with Crippen LogP contribution in [-0.4, -0.2) is 23.7 Å². The van der Waals surface area contributed by atoms with Crippen LogP contribution in [0.4, 0.5) is 5.69 Å². The Morgan fingerprint density at radius 1 is 1.47 bits per heavy atom. The van der Waals surface area contributed by atoms with E-state index in [1.807, 2.05) is 18.2 Å². The van der Waals surface area contributed by atoms with Gasteiger partial charge < -0.3 is 15.7 Å². The first-order valence-electron chi connectivity index (χ1n) is 6.06. The van der Waals surface area contributed by atoms with Crippen LogP contribution in [0.1, 0.15) is 30.0 Å². The van der Waals surface area contributed by atoms with Gasteiger partial charge in [0.25, 0.3) is 0 Å². The first-order valence-corrected chi connectivity index (χ1v) is 6.06. The van der Waals surface area contributed by atoms with Crippen LogP contribution >= 0.6 is 0 Å². The molecule has 1 aliphatic carbocycles. The number of benzene rings is 1. The standard InChI is InChI=1S/C13H16N2O2/c16-7-12(14-10-2-3-10)8-1-4-11-9(5-8)6-13(17)15-11/h1,4-5,10,12,14,16H,2-3,6-7H2,(H,15,17). The molecule has 0 saturated heterocycles. The van der Waals surface area contributed by atoms with Crippen molar-refractivity contribution in [3.05, 3.63) is 29.3 Å². The maximum atomic E-state index is 11.3. The van der Waals surface area contributed by atoms with E-state index in [1.165, 1.54) is 12.8 Å². The third-order valence-corrected chi connectivity index (χ3v) is 3.35. The molecule has 1 amide bonds. The third kappa shape index (κ3) is 2.18. The van der Waals surface area contributed by atoms with Gasteiger partial charge in [-0.15, -0.1) is 0 Å². The number of aliphatic hydroxyl groups is 1. The van der Waals surface area contributed by atoms with Crippen molar-refractivity contribution in [2.24, 2.45) is 0 Å². The Bertz CT molecular complexity index is 455. The second-order valence-electron chi connectivity index (χ2n) is 4.82. The SMILES string of the molecule is O=C1Cc2cc(C(CO)NC3CC3)ccc2N1. The van der Waals surface area contributed by atoms with Gasteiger partial charge in [-0.25, -0.2) is 0 Å². The molecule has 3 N–H and O–H groups in total. The van der Waals surface area contributed by atoms with Crippen molar-refractivity contribution in [1.82, 2.24) is 5.32 Å². The number of carbonyl (C=O) groups is 1. The average molecular weight is 232 g/mol. The minimum atomic E-state index is -0.0106. The van der Waals surface area contributed by atoms with Crippen molar-refractivity contribution in [3.63, 3.8) is 0 Å². The average Bonchev–Trinajstić information content (AvgIpc) is 3.05. The fraction of sp³-hybridized carbons (Fsp3) is 0.462. The molecule has 1 fully saturated rings. The Hall–Kier alpha value is -1.39. The molecule has 0 bridgehead atoms. The predicted octanol–water partition coefficient (Wildman–Crippen LogP) is 0.967. The molecule has 4 heteroatoms. The van der Waals surface area contributed by atoms with Gasteiger partial charge >= 0.3 is 0 Å². The molecule has 1 aliphatic heterocycles. The zero-order valence-corrected chi connectivity index (χ0v) is 9.57. The molecule has 1 saturated carbocycles. The van der Waals surface area contributed by atoms with Crippen LogP contribution < -0.4 is 10.6 Å². The lowest BCUT2D eigenvalue weighted by Gasteiger charge is -2.17. The third-order valence-electron chi connectivity index (χ3n) is 3.35. The van der Waals surface area contributed by atoms with Crippen LogP contribution in [-0.2, 0) is 11.2 Å². The number of fused-ring (bicyclic) bond motifs is 1. The smallest absolute Gasteiger partial charge is 0.228 e. The summed E-state index contributed by atoms with van der Waals surface area (Å²) in [7, 11) is 0. The highest BCUT2D eigenvalue weighted by Crippen LogP contribution is 2.28. The topological polar surface area (TPSA) is 61.4 Å². The van der Waals surface area contributed by atoms with Gasteiger partial charge in [-0.1, -0.05) is 12.1 Å². The fourth-order valence-electron chi connectivity index (χ4n) is 2.25. The molecular formula is C13H16N2O2. The summed E-state index contributed by atoms with van der Waals surface area (Å²) >= 11 is 0. The zero-order valence-electron chi connectivity index (χ0n) is 9.57. The zero-order chi connectivity index (χ0) is 11.8. The van der Waals surface area contributed by atoms with Gasteiger partial charge in [0.15, 0.2) is 0 Å². The summed E-state index contributed by atoms with van der Waals surface area (Å²) in [5.41, 5.74) is 3.00. The summed E-state index contributed by atoms with van der Waals surface area (Å²) in [4.78, 5) is 11.3. The number of carbonyl (C=O) groups excluding carboxylic acids is 1. The number of amides is 1. The van der Waals surface area contributed by atoms with Crippen molar-refractivity contribution in [3.8, 4) is 0 Å². The minimum Gasteiger partial charge on any atom is -0.394 e. The van der Waals surface area contributed by atoms with Gasteiger partial charge in [-0.2, -0.15) is 0 Å². The van der Waals surface area contributed by atoms with Gasteiger partial charge in [0.2, 0.25) is 5.91 Å². The maximum Gasteiger partial charge on any atom is 0.228 e. The van der Waals surface area contributed by atoms with Crippen LogP contribution in [0, 0.1) is 0 Å². The molecule has 3 rings (SSSR count). The summed E-state index contributed by atoms with van der Waals surface area (Å²) < 4.78 is 0. The number of nitrogens with one attached hydrogen (secondary N) is 2. The summed E-state index contributed by atoms with van der Waals surface area (Å²) in [5.74, 6) is 0.0489. The lowest BCUT2D eigenvalue weighted by molar-refractivity contribution is -0.115. The van der Waals surface area contributed by atoms with Crippen LogP contribution in [0.15, 0.2) is 18.2 Å². The van der Waals surface area contributed by atoms with E-state index in [4.69, 9.17) is 0 Å². The summed E-state index contributed by atoms with van der Waals surface area (Å²) in [6, 6.07) is 6.46. The molecule has 1 aromatic rings. The Balaban J connectivity index is 1.82. The van der Waals surface area contributed by atoms with Crippen molar-refractivity contribution in [1.29, 1.82) is 0 Å². The largest absolute Gasteiger partial charge is 0.394 e. The van der Waals surface area contributed by atoms with Gasteiger partial charge in [-0.05, 0) is 30.0 Å². The molecule has 2 aliphatic rings. The van der Waals surface area contributed by atoms with E-state index in [0.29, 0.717) is 12.5 Å². The van der Waals surface area contributed by atoms with Crippen molar-refractivity contribution in [2.45, 2.75) is 31.3 Å². The van der Waals surface area contributed by atoms with Gasteiger partial charge in [0, 0.05) is 11.7 Å². The molecule has 4 nitrogen and oxygen atoms in total. The highest BCUT2D eigenvalue weighted by atomic mass is 16.3. The number of anilines is 1. The molecule has 1 unspecified atom stereocenters. The number of aliphatic hydroxyl groups excluding tert-OH is 1. The van der Waals surface area contributed by atoms with E-state index in [9.17, 15) is 9.90 Å². The lowest BCUT2D eigenvalue weighted by atomic mass is 10.0. The molecular weight excluding hydrogens is 216 g/mol. The summed E-state index contributed by atoms with van der Waals surface area (Å²) in [6.07, 6.45) is 2.84. The van der Waals surface area contributed by atoms with Crippen LogP contribution in [0.5, 0.6) is 0 Å². The monoisotopic (exact) mass is 232 g/mol. The first-order chi connectivity index (χ1) is 8.26. The quantitative estimate of drug-likeness (QED) is 0.725. The highest BCUT2D eigenvalue weighted by molar-refractivity contribution is 5.99. The van der Waals surface area contributed by atoms with E-state index >= 15 is 0 Å².